The summed E-state index contributed by atoms with van der Waals surface area (Å²) in [6.45, 7) is 0.0158. The minimum atomic E-state index is -1.45. The van der Waals surface area contributed by atoms with Crippen LogP contribution in [-0.2, 0) is 50.6 Å². The van der Waals surface area contributed by atoms with Crippen molar-refractivity contribution in [3.8, 4) is 0 Å². The molecule has 7 rings (SSSR count). The quantitative estimate of drug-likeness (QED) is 0.188. The van der Waals surface area contributed by atoms with Crippen LogP contribution in [0.15, 0.2) is 91.0 Å². The number of fused-ring (bicyclic) bond motifs is 4. The first-order chi connectivity index (χ1) is 25.2. The number of carbonyl (C=O) groups is 4. The number of nitrogens with zero attached hydrogens (tertiary/aromatic N) is 2. The molecule has 2 bridgehead atoms. The number of aliphatic hydroxyl groups excluding tert-OH is 1. The Kier molecular flexibility index (Phi) is 9.96. The number of esters is 1. The molecular formula is C39H42N4O9. The van der Waals surface area contributed by atoms with Crippen molar-refractivity contribution in [3.05, 3.63) is 113 Å². The summed E-state index contributed by atoms with van der Waals surface area (Å²) in [5.74, 6) is -2.96. The van der Waals surface area contributed by atoms with Crippen LogP contribution < -0.4 is 10.6 Å². The highest BCUT2D eigenvalue weighted by molar-refractivity contribution is 5.94. The van der Waals surface area contributed by atoms with Gasteiger partial charge in [-0.15, -0.1) is 0 Å². The number of amides is 3. The molecule has 3 aliphatic heterocycles. The van der Waals surface area contributed by atoms with Gasteiger partial charge in [0.1, 0.15) is 29.8 Å². The number of hydrogen-bond donors (Lipinski definition) is 3. The molecule has 0 spiro atoms. The fourth-order valence-electron chi connectivity index (χ4n) is 7.72. The van der Waals surface area contributed by atoms with Crippen LogP contribution in [0.4, 0.5) is 0 Å². The van der Waals surface area contributed by atoms with Crippen molar-refractivity contribution in [3.63, 3.8) is 0 Å². The molecule has 52 heavy (non-hydrogen) atoms. The lowest BCUT2D eigenvalue weighted by Gasteiger charge is -2.48. The normalized spacial score (nSPS) is 27.1. The van der Waals surface area contributed by atoms with E-state index >= 15 is 0 Å². The van der Waals surface area contributed by atoms with E-state index in [0.717, 1.165) is 22.3 Å². The molecule has 13 heteroatoms. The molecular weight excluding hydrogens is 668 g/mol. The summed E-state index contributed by atoms with van der Waals surface area (Å²) in [6.07, 6.45) is -0.147. The van der Waals surface area contributed by atoms with Gasteiger partial charge in [0, 0.05) is 57.2 Å². The maximum Gasteiger partial charge on any atom is 0.327 e. The molecule has 3 heterocycles. The number of rotatable bonds is 12. The minimum absolute atomic E-state index is 0.000465. The SMILES string of the molecule is CN(C)C(=O)C=Cc1cccc(CN2OC3C4OC(c5ccccc5)(c5ccccc5)OC4C4CC3(C(=O)NCCC(=O)NCCO)C2C(=O)O4)c1. The molecule has 1 saturated carbocycles. The van der Waals surface area contributed by atoms with E-state index in [9.17, 15) is 19.2 Å². The van der Waals surface area contributed by atoms with E-state index < -0.39 is 53.5 Å². The highest BCUT2D eigenvalue weighted by Gasteiger charge is 2.76. The Labute approximate surface area is 301 Å². The van der Waals surface area contributed by atoms with Crippen LogP contribution >= 0.6 is 0 Å². The lowest BCUT2D eigenvalue weighted by Crippen LogP contribution is -2.69. The van der Waals surface area contributed by atoms with E-state index in [4.69, 9.17) is 24.2 Å². The predicted molar refractivity (Wildman–Crippen MR) is 186 cm³/mol. The van der Waals surface area contributed by atoms with Crippen LogP contribution in [-0.4, -0.2) is 103 Å². The van der Waals surface area contributed by atoms with Crippen LogP contribution in [0.3, 0.4) is 0 Å². The van der Waals surface area contributed by atoms with Gasteiger partial charge in [-0.3, -0.25) is 24.0 Å². The van der Waals surface area contributed by atoms with Gasteiger partial charge in [0.25, 0.3) is 0 Å². The van der Waals surface area contributed by atoms with E-state index in [-0.39, 0.29) is 50.9 Å². The molecule has 6 atom stereocenters. The Balaban J connectivity index is 1.25. The lowest BCUT2D eigenvalue weighted by molar-refractivity contribution is -0.213. The van der Waals surface area contributed by atoms with Crippen LogP contribution in [0.25, 0.3) is 6.08 Å². The van der Waals surface area contributed by atoms with Crippen LogP contribution in [0, 0.1) is 5.41 Å². The van der Waals surface area contributed by atoms with Gasteiger partial charge >= 0.3 is 5.97 Å². The molecule has 3 N–H and O–H groups in total. The van der Waals surface area contributed by atoms with E-state index in [1.807, 2.05) is 84.9 Å². The first-order valence-electron chi connectivity index (χ1n) is 17.4. The number of carbonyl (C=O) groups excluding carboxylic acids is 4. The second kappa shape index (κ2) is 14.6. The van der Waals surface area contributed by atoms with Gasteiger partial charge in [0.05, 0.1) is 13.2 Å². The Morgan fingerprint density at radius 2 is 1.62 bits per heavy atom. The summed E-state index contributed by atoms with van der Waals surface area (Å²) in [5, 5.41) is 16.1. The zero-order valence-electron chi connectivity index (χ0n) is 29.0. The molecule has 3 aromatic carbocycles. The van der Waals surface area contributed by atoms with E-state index in [1.54, 1.807) is 20.2 Å². The zero-order valence-corrected chi connectivity index (χ0v) is 29.0. The van der Waals surface area contributed by atoms with E-state index in [2.05, 4.69) is 10.6 Å². The third kappa shape index (κ3) is 6.39. The summed E-state index contributed by atoms with van der Waals surface area (Å²) >= 11 is 0. The number of aliphatic hydroxyl groups is 1. The van der Waals surface area contributed by atoms with Gasteiger partial charge in [-0.25, -0.2) is 0 Å². The summed E-state index contributed by atoms with van der Waals surface area (Å²) in [5.41, 5.74) is 1.55. The van der Waals surface area contributed by atoms with Crippen molar-refractivity contribution in [1.82, 2.24) is 20.6 Å². The molecule has 13 nitrogen and oxygen atoms in total. The summed E-state index contributed by atoms with van der Waals surface area (Å²) in [7, 11) is 3.35. The topological polar surface area (TPSA) is 156 Å². The lowest BCUT2D eigenvalue weighted by atomic mass is 9.62. The number of hydrogen-bond acceptors (Lipinski definition) is 10. The van der Waals surface area contributed by atoms with Crippen LogP contribution in [0.5, 0.6) is 0 Å². The zero-order chi connectivity index (χ0) is 36.5. The first-order valence-corrected chi connectivity index (χ1v) is 17.4. The van der Waals surface area contributed by atoms with Crippen molar-refractivity contribution in [2.45, 2.75) is 55.6 Å². The Morgan fingerprint density at radius 1 is 0.923 bits per heavy atom. The molecule has 0 aromatic heterocycles. The predicted octanol–water partition coefficient (Wildman–Crippen LogP) is 1.89. The van der Waals surface area contributed by atoms with Crippen LogP contribution in [0.1, 0.15) is 35.1 Å². The monoisotopic (exact) mass is 710 g/mol. The van der Waals surface area contributed by atoms with Gasteiger partial charge in [0.2, 0.25) is 23.5 Å². The molecule has 6 unspecified atom stereocenters. The number of ether oxygens (including phenoxy) is 3. The Bertz CT molecular complexity index is 1800. The summed E-state index contributed by atoms with van der Waals surface area (Å²) in [6, 6.07) is 25.3. The van der Waals surface area contributed by atoms with Gasteiger partial charge < -0.3 is 34.9 Å². The van der Waals surface area contributed by atoms with E-state index in [1.165, 1.54) is 16.0 Å². The third-order valence-electron chi connectivity index (χ3n) is 10.1. The number of nitrogens with one attached hydrogen (secondary N) is 2. The average molecular weight is 711 g/mol. The van der Waals surface area contributed by atoms with Gasteiger partial charge in [-0.2, -0.15) is 5.06 Å². The Morgan fingerprint density at radius 3 is 2.29 bits per heavy atom. The maximum absolute atomic E-state index is 14.5. The number of benzene rings is 3. The molecule has 3 saturated heterocycles. The highest BCUT2D eigenvalue weighted by atomic mass is 16.8. The fraction of sp³-hybridized carbons (Fsp3) is 0.385. The minimum Gasteiger partial charge on any atom is -0.458 e. The molecule has 4 fully saturated rings. The van der Waals surface area contributed by atoms with Crippen molar-refractivity contribution >= 4 is 29.8 Å². The Hall–Kier alpha value is -4.92. The number of hydroxylamine groups is 2. The molecule has 3 amide bonds. The van der Waals surface area contributed by atoms with Gasteiger partial charge in [-0.05, 0) is 17.2 Å². The fourth-order valence-corrected chi connectivity index (χ4v) is 7.72. The maximum atomic E-state index is 14.5. The van der Waals surface area contributed by atoms with Gasteiger partial charge in [0.15, 0.2) is 6.04 Å². The smallest absolute Gasteiger partial charge is 0.327 e. The second-order valence-electron chi connectivity index (χ2n) is 13.6. The van der Waals surface area contributed by atoms with Crippen molar-refractivity contribution in [2.24, 2.45) is 5.41 Å². The molecule has 1 aliphatic carbocycles. The molecule has 0 radical (unpaired) electrons. The number of likely N-dealkylation sites (N-methyl/N-ethyl adjacent to an activating group) is 1. The van der Waals surface area contributed by atoms with Crippen molar-refractivity contribution in [1.29, 1.82) is 0 Å². The van der Waals surface area contributed by atoms with Gasteiger partial charge in [-0.1, -0.05) is 84.9 Å². The second-order valence-corrected chi connectivity index (χ2v) is 13.6. The third-order valence-corrected chi connectivity index (χ3v) is 10.1. The van der Waals surface area contributed by atoms with Crippen molar-refractivity contribution in [2.75, 3.05) is 33.8 Å². The highest BCUT2D eigenvalue weighted by Crippen LogP contribution is 2.59. The van der Waals surface area contributed by atoms with Crippen molar-refractivity contribution < 1.29 is 43.3 Å². The molecule has 272 valence electrons. The molecule has 3 aromatic rings. The van der Waals surface area contributed by atoms with E-state index in [0.29, 0.717) is 0 Å². The largest absolute Gasteiger partial charge is 0.458 e. The van der Waals surface area contributed by atoms with Crippen LogP contribution in [0.2, 0.25) is 0 Å². The summed E-state index contributed by atoms with van der Waals surface area (Å²) < 4.78 is 20.0. The summed E-state index contributed by atoms with van der Waals surface area (Å²) in [4.78, 5) is 61.3. The average Bonchev–Trinajstić information content (AvgIpc) is 3.73. The molecule has 4 aliphatic rings. The standard InChI is InChI=1S/C39H42N4O9/c1-42(2)31(46)17-16-25-10-9-11-26(22-25)24-43-34-36(47)49-29-23-38(34,37(48)41-19-18-30(45)40-20-21-44)35(52-43)33-32(29)50-39(51-33,27-12-5-3-6-13-27)28-14-7-4-8-15-28/h3-17,22,29,32-35,44H,18-21,23-24H2,1-2H3,(H,40,45)(H,41,48). The first kappa shape index (κ1) is 35.5.